The van der Waals surface area contributed by atoms with Crippen molar-refractivity contribution < 1.29 is 4.79 Å². The van der Waals surface area contributed by atoms with Gasteiger partial charge in [-0.1, -0.05) is 51.8 Å². The van der Waals surface area contributed by atoms with Gasteiger partial charge in [0.25, 0.3) is 0 Å². The summed E-state index contributed by atoms with van der Waals surface area (Å²) in [6.45, 7) is 8.04. The molecule has 0 radical (unpaired) electrons. The summed E-state index contributed by atoms with van der Waals surface area (Å²) in [6, 6.07) is 4.25. The van der Waals surface area contributed by atoms with Crippen molar-refractivity contribution >= 4 is 37.6 Å². The molecule has 0 fully saturated rings. The molecule has 0 bridgehead atoms. The van der Waals surface area contributed by atoms with Gasteiger partial charge in [-0.05, 0) is 43.0 Å². The Morgan fingerprint density at radius 3 is 2.35 bits per heavy atom. The molecule has 1 aromatic carbocycles. The summed E-state index contributed by atoms with van der Waals surface area (Å²) in [4.78, 5) is 11.8. The molecule has 0 spiro atoms. The number of carbonyl (C=O) groups is 1. The van der Waals surface area contributed by atoms with Crippen LogP contribution in [-0.2, 0) is 11.2 Å². The van der Waals surface area contributed by atoms with Gasteiger partial charge in [0.1, 0.15) is 5.78 Å². The molecule has 1 unspecified atom stereocenters. The van der Waals surface area contributed by atoms with Gasteiger partial charge in [-0.2, -0.15) is 0 Å². The first-order valence-electron chi connectivity index (χ1n) is 5.76. The molecule has 0 saturated heterocycles. The molecule has 1 nitrogen and oxygen atoms in total. The van der Waals surface area contributed by atoms with Crippen LogP contribution in [0.1, 0.15) is 30.5 Å². The fraction of sp³-hybridized carbons (Fsp3) is 0.500. The Morgan fingerprint density at radius 1 is 1.29 bits per heavy atom. The second-order valence-electron chi connectivity index (χ2n) is 4.77. The first kappa shape index (κ1) is 14.9. The Labute approximate surface area is 120 Å². The van der Waals surface area contributed by atoms with Crippen molar-refractivity contribution in [2.75, 3.05) is 0 Å². The van der Waals surface area contributed by atoms with Crippen LogP contribution in [0.25, 0.3) is 0 Å². The maximum Gasteiger partial charge on any atom is 0.149 e. The van der Waals surface area contributed by atoms with Crippen molar-refractivity contribution in [3.63, 3.8) is 0 Å². The van der Waals surface area contributed by atoms with E-state index in [-0.39, 0.29) is 16.5 Å². The van der Waals surface area contributed by atoms with Gasteiger partial charge in [0.15, 0.2) is 0 Å². The van der Waals surface area contributed by atoms with Crippen LogP contribution >= 0.6 is 31.9 Å². The molecule has 17 heavy (non-hydrogen) atoms. The summed E-state index contributed by atoms with van der Waals surface area (Å²) < 4.78 is 1.09. The molecule has 0 aromatic heterocycles. The van der Waals surface area contributed by atoms with Crippen LogP contribution in [0.5, 0.6) is 0 Å². The Balaban J connectivity index is 2.92. The van der Waals surface area contributed by atoms with Crippen LogP contribution in [0, 0.1) is 19.8 Å². The van der Waals surface area contributed by atoms with Crippen molar-refractivity contribution in [2.45, 2.75) is 38.9 Å². The average Bonchev–Trinajstić information content (AvgIpc) is 2.21. The highest BCUT2D eigenvalue weighted by Gasteiger charge is 2.20. The summed E-state index contributed by atoms with van der Waals surface area (Å²) >= 11 is 7.08. The number of alkyl halides is 1. The number of rotatable bonds is 4. The smallest absolute Gasteiger partial charge is 0.149 e. The van der Waals surface area contributed by atoms with Gasteiger partial charge in [-0.25, -0.2) is 0 Å². The normalized spacial score (nSPS) is 12.9. The van der Waals surface area contributed by atoms with E-state index in [1.807, 2.05) is 13.8 Å². The molecule has 0 heterocycles. The number of ketones is 1. The standard InChI is InChI=1S/C14H18Br2O/c1-8(2)14(17)13(16)7-11-10(4)5-9(3)6-12(11)15/h5-6,8,13H,7H2,1-4H3. The van der Waals surface area contributed by atoms with E-state index < -0.39 is 0 Å². The molecule has 1 aromatic rings. The highest BCUT2D eigenvalue weighted by atomic mass is 79.9. The number of benzene rings is 1. The van der Waals surface area contributed by atoms with Gasteiger partial charge in [0, 0.05) is 10.4 Å². The minimum atomic E-state index is -0.0970. The third kappa shape index (κ3) is 3.92. The van der Waals surface area contributed by atoms with Gasteiger partial charge in [0.2, 0.25) is 0 Å². The number of Topliss-reactive ketones (excluding diaryl/α,β-unsaturated/α-hetero) is 1. The van der Waals surface area contributed by atoms with E-state index >= 15 is 0 Å². The lowest BCUT2D eigenvalue weighted by Gasteiger charge is -2.15. The predicted octanol–water partition coefficient (Wildman–Crippen LogP) is 4.60. The maximum atomic E-state index is 11.9. The van der Waals surface area contributed by atoms with Gasteiger partial charge in [-0.3, -0.25) is 4.79 Å². The van der Waals surface area contributed by atoms with E-state index in [4.69, 9.17) is 0 Å². The van der Waals surface area contributed by atoms with Crippen molar-refractivity contribution in [3.05, 3.63) is 33.3 Å². The lowest BCUT2D eigenvalue weighted by molar-refractivity contribution is -0.121. The van der Waals surface area contributed by atoms with E-state index in [9.17, 15) is 4.79 Å². The third-order valence-corrected chi connectivity index (χ3v) is 4.31. The van der Waals surface area contributed by atoms with Crippen LogP contribution in [-0.4, -0.2) is 10.6 Å². The Hall–Kier alpha value is -0.150. The minimum Gasteiger partial charge on any atom is -0.298 e. The van der Waals surface area contributed by atoms with Crippen molar-refractivity contribution in [3.8, 4) is 0 Å². The lowest BCUT2D eigenvalue weighted by atomic mass is 9.97. The monoisotopic (exact) mass is 360 g/mol. The van der Waals surface area contributed by atoms with E-state index in [1.54, 1.807) is 0 Å². The first-order valence-corrected chi connectivity index (χ1v) is 7.47. The molecule has 0 aliphatic heterocycles. The molecule has 0 aliphatic carbocycles. The zero-order valence-electron chi connectivity index (χ0n) is 10.7. The summed E-state index contributed by atoms with van der Waals surface area (Å²) in [5.41, 5.74) is 3.68. The average molecular weight is 362 g/mol. The molecular weight excluding hydrogens is 344 g/mol. The molecule has 3 heteroatoms. The SMILES string of the molecule is Cc1cc(C)c(CC(Br)C(=O)C(C)C)c(Br)c1. The van der Waals surface area contributed by atoms with Gasteiger partial charge < -0.3 is 0 Å². The predicted molar refractivity (Wildman–Crippen MR) is 79.9 cm³/mol. The Kier molecular flexibility index (Phi) is 5.39. The van der Waals surface area contributed by atoms with Crippen LogP contribution in [0.2, 0.25) is 0 Å². The summed E-state index contributed by atoms with van der Waals surface area (Å²) in [5, 5.41) is 0. The van der Waals surface area contributed by atoms with Crippen molar-refractivity contribution in [2.24, 2.45) is 5.92 Å². The number of hydrogen-bond donors (Lipinski definition) is 0. The van der Waals surface area contributed by atoms with E-state index in [0.717, 1.165) is 10.9 Å². The summed E-state index contributed by atoms with van der Waals surface area (Å²) in [6.07, 6.45) is 0.740. The highest BCUT2D eigenvalue weighted by molar-refractivity contribution is 9.10. The van der Waals surface area contributed by atoms with Gasteiger partial charge in [-0.15, -0.1) is 0 Å². The Bertz CT molecular complexity index is 401. The topological polar surface area (TPSA) is 17.1 Å². The lowest BCUT2D eigenvalue weighted by Crippen LogP contribution is -2.22. The molecule has 1 rings (SSSR count). The number of carbonyl (C=O) groups excluding carboxylic acids is 1. The van der Waals surface area contributed by atoms with Crippen LogP contribution in [0.3, 0.4) is 0 Å². The van der Waals surface area contributed by atoms with Crippen LogP contribution in [0.4, 0.5) is 0 Å². The fourth-order valence-electron chi connectivity index (χ4n) is 1.85. The molecule has 0 saturated carbocycles. The minimum absolute atomic E-state index is 0.0731. The van der Waals surface area contributed by atoms with E-state index in [2.05, 4.69) is 57.8 Å². The van der Waals surface area contributed by atoms with Crippen molar-refractivity contribution in [1.82, 2.24) is 0 Å². The molecule has 0 aliphatic rings. The second-order valence-corrected chi connectivity index (χ2v) is 6.73. The van der Waals surface area contributed by atoms with Crippen LogP contribution < -0.4 is 0 Å². The van der Waals surface area contributed by atoms with Crippen LogP contribution in [0.15, 0.2) is 16.6 Å². The molecule has 94 valence electrons. The van der Waals surface area contributed by atoms with E-state index in [0.29, 0.717) is 0 Å². The zero-order chi connectivity index (χ0) is 13.2. The number of hydrogen-bond acceptors (Lipinski definition) is 1. The molecule has 0 N–H and O–H groups in total. The fourth-order valence-corrected chi connectivity index (χ4v) is 3.53. The molecule has 1 atom stereocenters. The number of aryl methyl sites for hydroxylation is 2. The third-order valence-electron chi connectivity index (χ3n) is 2.82. The summed E-state index contributed by atoms with van der Waals surface area (Å²) in [5.74, 6) is 0.334. The van der Waals surface area contributed by atoms with Crippen molar-refractivity contribution in [1.29, 1.82) is 0 Å². The first-order chi connectivity index (χ1) is 7.82. The number of halogens is 2. The van der Waals surface area contributed by atoms with E-state index in [1.165, 1.54) is 16.7 Å². The maximum absolute atomic E-state index is 11.9. The second kappa shape index (κ2) is 6.14. The highest BCUT2D eigenvalue weighted by Crippen LogP contribution is 2.26. The molecular formula is C14H18Br2O. The molecule has 0 amide bonds. The largest absolute Gasteiger partial charge is 0.298 e. The quantitative estimate of drug-likeness (QED) is 0.716. The summed E-state index contributed by atoms with van der Waals surface area (Å²) in [7, 11) is 0. The zero-order valence-corrected chi connectivity index (χ0v) is 13.9. The Morgan fingerprint density at radius 2 is 1.88 bits per heavy atom. The van der Waals surface area contributed by atoms with Gasteiger partial charge in [0.05, 0.1) is 4.83 Å². The van der Waals surface area contributed by atoms with Gasteiger partial charge >= 0.3 is 0 Å².